The maximum atomic E-state index is 11.8. The first-order valence-corrected chi connectivity index (χ1v) is 6.23. The Morgan fingerprint density at radius 3 is 2.71 bits per heavy atom. The number of hydrogen-bond acceptors (Lipinski definition) is 3. The second-order valence-electron chi connectivity index (χ2n) is 3.71. The van der Waals surface area contributed by atoms with Gasteiger partial charge < -0.3 is 5.32 Å². The molecule has 1 aromatic carbocycles. The van der Waals surface area contributed by atoms with Gasteiger partial charge in [-0.15, -0.1) is 0 Å². The van der Waals surface area contributed by atoms with E-state index in [9.17, 15) is 9.59 Å². The number of aliphatic imine (C=N–C) groups is 1. The number of nitrogens with zero attached hydrogens (tertiary/aromatic N) is 1. The third-order valence-electron chi connectivity index (χ3n) is 2.38. The molecule has 88 valence electrons. The van der Waals surface area contributed by atoms with Crippen LogP contribution < -0.4 is 5.32 Å². The molecule has 0 aliphatic carbocycles. The van der Waals surface area contributed by atoms with Crippen molar-refractivity contribution in [2.75, 3.05) is 5.75 Å². The van der Waals surface area contributed by atoms with Crippen LogP contribution in [-0.2, 0) is 9.59 Å². The van der Waals surface area contributed by atoms with Crippen LogP contribution in [0.2, 0.25) is 0 Å². The van der Waals surface area contributed by atoms with Crippen molar-refractivity contribution in [1.29, 1.82) is 0 Å². The summed E-state index contributed by atoms with van der Waals surface area (Å²) >= 11 is 1.40. The minimum absolute atomic E-state index is 0.196. The lowest BCUT2D eigenvalue weighted by Crippen LogP contribution is -2.31. The Morgan fingerprint density at radius 2 is 2.12 bits per heavy atom. The summed E-state index contributed by atoms with van der Waals surface area (Å²) < 4.78 is 0. The van der Waals surface area contributed by atoms with Crippen molar-refractivity contribution in [3.8, 4) is 0 Å². The molecule has 0 radical (unpaired) electrons. The second kappa shape index (κ2) is 5.14. The molecule has 1 aromatic rings. The lowest BCUT2D eigenvalue weighted by atomic mass is 10.0. The maximum Gasteiger partial charge on any atom is 0.256 e. The average Bonchev–Trinajstić information content (AvgIpc) is 2.29. The van der Waals surface area contributed by atoms with Crippen LogP contribution in [0, 0.1) is 0 Å². The number of carbonyl (C=O) groups excluding carboxylic acids is 2. The van der Waals surface area contributed by atoms with Crippen molar-refractivity contribution >= 4 is 28.7 Å². The van der Waals surface area contributed by atoms with Gasteiger partial charge in [-0.1, -0.05) is 42.1 Å². The normalized spacial score (nSPS) is 19.7. The average molecular weight is 248 g/mol. The van der Waals surface area contributed by atoms with Gasteiger partial charge in [-0.05, 0) is 5.56 Å². The monoisotopic (exact) mass is 248 g/mol. The van der Waals surface area contributed by atoms with Crippen LogP contribution in [0.1, 0.15) is 18.4 Å². The first kappa shape index (κ1) is 11.9. The molecule has 1 aliphatic rings. The van der Waals surface area contributed by atoms with Crippen LogP contribution >= 0.6 is 11.8 Å². The van der Waals surface area contributed by atoms with Crippen LogP contribution in [0.25, 0.3) is 0 Å². The van der Waals surface area contributed by atoms with Gasteiger partial charge in [-0.25, -0.2) is 0 Å². The minimum Gasteiger partial charge on any atom is -0.305 e. The van der Waals surface area contributed by atoms with E-state index in [-0.39, 0.29) is 17.7 Å². The first-order chi connectivity index (χ1) is 8.16. The van der Waals surface area contributed by atoms with Crippen molar-refractivity contribution in [3.05, 3.63) is 35.9 Å². The van der Waals surface area contributed by atoms with E-state index in [1.165, 1.54) is 18.7 Å². The van der Waals surface area contributed by atoms with E-state index in [0.29, 0.717) is 10.9 Å². The Labute approximate surface area is 104 Å². The molecule has 0 aromatic heterocycles. The van der Waals surface area contributed by atoms with Crippen molar-refractivity contribution in [1.82, 2.24) is 5.32 Å². The largest absolute Gasteiger partial charge is 0.305 e. The third kappa shape index (κ3) is 2.94. The molecule has 1 N–H and O–H groups in total. The highest BCUT2D eigenvalue weighted by molar-refractivity contribution is 8.14. The number of carbonyl (C=O) groups is 2. The standard InChI is InChI=1S/C12H12N2O2S/c1-8(15)13-12-14-11(16)10(7-17-12)9-5-3-2-4-6-9/h2-6,10H,7H2,1H3,(H,13,14,15,16). The van der Waals surface area contributed by atoms with Crippen LogP contribution in [-0.4, -0.2) is 22.7 Å². The predicted molar refractivity (Wildman–Crippen MR) is 67.9 cm³/mol. The molecule has 1 unspecified atom stereocenters. The van der Waals surface area contributed by atoms with E-state index in [1.807, 2.05) is 30.3 Å². The van der Waals surface area contributed by atoms with Crippen molar-refractivity contribution in [2.24, 2.45) is 4.99 Å². The van der Waals surface area contributed by atoms with Gasteiger partial charge in [0.15, 0.2) is 5.17 Å². The third-order valence-corrected chi connectivity index (χ3v) is 3.35. The quantitative estimate of drug-likeness (QED) is 0.820. The fraction of sp³-hybridized carbons (Fsp3) is 0.250. The van der Waals surface area contributed by atoms with E-state index in [1.54, 1.807) is 0 Å². The lowest BCUT2D eigenvalue weighted by molar-refractivity contribution is -0.118. The van der Waals surface area contributed by atoms with Crippen molar-refractivity contribution < 1.29 is 9.59 Å². The van der Waals surface area contributed by atoms with Crippen LogP contribution in [0.5, 0.6) is 0 Å². The predicted octanol–water partition coefficient (Wildman–Crippen LogP) is 1.54. The molecule has 1 aliphatic heterocycles. The smallest absolute Gasteiger partial charge is 0.256 e. The highest BCUT2D eigenvalue weighted by Gasteiger charge is 2.26. The van der Waals surface area contributed by atoms with Gasteiger partial charge in [0.1, 0.15) is 0 Å². The number of rotatable bonds is 1. The Bertz CT molecular complexity index is 471. The molecule has 0 fully saturated rings. The number of thioether (sulfide) groups is 1. The molecule has 2 amide bonds. The SMILES string of the molecule is CC(=O)NC1=NC(=O)C(c2ccccc2)CS1. The van der Waals surface area contributed by atoms with Gasteiger partial charge in [0.25, 0.3) is 5.91 Å². The molecule has 0 saturated carbocycles. The summed E-state index contributed by atoms with van der Waals surface area (Å²) in [5.41, 5.74) is 0.968. The molecule has 4 nitrogen and oxygen atoms in total. The van der Waals surface area contributed by atoms with Gasteiger partial charge in [-0.2, -0.15) is 4.99 Å². The number of hydrogen-bond donors (Lipinski definition) is 1. The Hall–Kier alpha value is -1.62. The molecule has 1 heterocycles. The lowest BCUT2D eigenvalue weighted by Gasteiger charge is -2.19. The Morgan fingerprint density at radius 1 is 1.41 bits per heavy atom. The molecule has 0 bridgehead atoms. The van der Waals surface area contributed by atoms with Gasteiger partial charge in [0.05, 0.1) is 5.92 Å². The van der Waals surface area contributed by atoms with E-state index >= 15 is 0 Å². The summed E-state index contributed by atoms with van der Waals surface area (Å²) in [6.07, 6.45) is 0. The summed E-state index contributed by atoms with van der Waals surface area (Å²) in [7, 11) is 0. The summed E-state index contributed by atoms with van der Waals surface area (Å²) in [5.74, 6) is 0.00159. The molecule has 2 rings (SSSR count). The summed E-state index contributed by atoms with van der Waals surface area (Å²) in [4.78, 5) is 26.6. The minimum atomic E-state index is -0.210. The molecule has 5 heteroatoms. The highest BCUT2D eigenvalue weighted by atomic mass is 32.2. The first-order valence-electron chi connectivity index (χ1n) is 5.24. The fourth-order valence-electron chi connectivity index (χ4n) is 1.58. The number of amides is 2. The molecule has 1 atom stereocenters. The van der Waals surface area contributed by atoms with Crippen LogP contribution in [0.15, 0.2) is 35.3 Å². The van der Waals surface area contributed by atoms with E-state index < -0.39 is 0 Å². The van der Waals surface area contributed by atoms with Crippen molar-refractivity contribution in [2.45, 2.75) is 12.8 Å². The summed E-state index contributed by atoms with van der Waals surface area (Å²) in [6, 6.07) is 9.56. The summed E-state index contributed by atoms with van der Waals surface area (Å²) in [6.45, 7) is 1.40. The molecule has 17 heavy (non-hydrogen) atoms. The molecular weight excluding hydrogens is 236 g/mol. The maximum absolute atomic E-state index is 11.8. The number of amidine groups is 1. The Kier molecular flexibility index (Phi) is 3.58. The summed E-state index contributed by atoms with van der Waals surface area (Å²) in [5, 5.41) is 2.94. The number of nitrogens with one attached hydrogen (secondary N) is 1. The van der Waals surface area contributed by atoms with Crippen LogP contribution in [0.3, 0.4) is 0 Å². The zero-order chi connectivity index (χ0) is 12.3. The zero-order valence-electron chi connectivity index (χ0n) is 9.34. The fourth-order valence-corrected chi connectivity index (χ4v) is 2.61. The topological polar surface area (TPSA) is 58.5 Å². The molecular formula is C12H12N2O2S. The van der Waals surface area contributed by atoms with Gasteiger partial charge in [-0.3, -0.25) is 9.59 Å². The van der Waals surface area contributed by atoms with E-state index in [4.69, 9.17) is 0 Å². The molecule has 0 saturated heterocycles. The molecule has 0 spiro atoms. The van der Waals surface area contributed by atoms with Crippen LogP contribution in [0.4, 0.5) is 0 Å². The van der Waals surface area contributed by atoms with E-state index in [2.05, 4.69) is 10.3 Å². The zero-order valence-corrected chi connectivity index (χ0v) is 10.2. The van der Waals surface area contributed by atoms with Crippen molar-refractivity contribution in [3.63, 3.8) is 0 Å². The van der Waals surface area contributed by atoms with Gasteiger partial charge in [0.2, 0.25) is 5.91 Å². The Balaban J connectivity index is 2.14. The highest BCUT2D eigenvalue weighted by Crippen LogP contribution is 2.26. The van der Waals surface area contributed by atoms with E-state index in [0.717, 1.165) is 5.56 Å². The number of benzene rings is 1. The second-order valence-corrected chi connectivity index (χ2v) is 4.72. The van der Waals surface area contributed by atoms with Gasteiger partial charge >= 0.3 is 0 Å². The van der Waals surface area contributed by atoms with Gasteiger partial charge in [0, 0.05) is 12.7 Å².